The van der Waals surface area contributed by atoms with Crippen LogP contribution in [-0.2, 0) is 0 Å². The molecule has 0 bridgehead atoms. The Bertz CT molecular complexity index is 1330. The van der Waals surface area contributed by atoms with Crippen LogP contribution < -0.4 is 28.7 Å². The van der Waals surface area contributed by atoms with E-state index in [0.717, 1.165) is 54.2 Å². The number of hydrogen-bond donors (Lipinski definition) is 0. The molecular formula is C28H30N4O4. The van der Waals surface area contributed by atoms with Crippen molar-refractivity contribution >= 4 is 22.4 Å². The van der Waals surface area contributed by atoms with Gasteiger partial charge >= 0.3 is 0 Å². The number of nitrogens with zero attached hydrogens (tertiary/aromatic N) is 4. The summed E-state index contributed by atoms with van der Waals surface area (Å²) in [6.07, 6.45) is 0. The van der Waals surface area contributed by atoms with Gasteiger partial charge in [0.05, 0.1) is 34.0 Å². The van der Waals surface area contributed by atoms with Gasteiger partial charge in [-0.25, -0.2) is 9.97 Å². The molecule has 1 aromatic heterocycles. The van der Waals surface area contributed by atoms with Gasteiger partial charge in [-0.3, -0.25) is 0 Å². The molecule has 0 saturated carbocycles. The summed E-state index contributed by atoms with van der Waals surface area (Å²) >= 11 is 0. The number of ether oxygens (including phenoxy) is 4. The number of para-hydroxylation sites is 1. The van der Waals surface area contributed by atoms with Crippen LogP contribution in [0.2, 0.25) is 0 Å². The lowest BCUT2D eigenvalue weighted by Crippen LogP contribution is -2.47. The van der Waals surface area contributed by atoms with Crippen molar-refractivity contribution in [1.29, 1.82) is 0 Å². The zero-order valence-corrected chi connectivity index (χ0v) is 21.0. The summed E-state index contributed by atoms with van der Waals surface area (Å²) in [6.45, 7) is 3.48. The highest BCUT2D eigenvalue weighted by atomic mass is 16.5. The third kappa shape index (κ3) is 4.42. The minimum atomic E-state index is 0.541. The molecule has 1 saturated heterocycles. The van der Waals surface area contributed by atoms with Crippen LogP contribution >= 0.6 is 0 Å². The Morgan fingerprint density at radius 1 is 0.667 bits per heavy atom. The highest BCUT2D eigenvalue weighted by Gasteiger charge is 2.23. The lowest BCUT2D eigenvalue weighted by molar-refractivity contribution is 0.324. The van der Waals surface area contributed by atoms with Crippen molar-refractivity contribution in [2.75, 3.05) is 64.4 Å². The number of rotatable bonds is 7. The Kier molecular flexibility index (Phi) is 6.66. The molecule has 2 heterocycles. The van der Waals surface area contributed by atoms with Crippen molar-refractivity contribution in [3.8, 4) is 34.4 Å². The molecular weight excluding hydrogens is 456 g/mol. The predicted molar refractivity (Wildman–Crippen MR) is 142 cm³/mol. The molecule has 1 aliphatic rings. The molecule has 4 aromatic rings. The minimum absolute atomic E-state index is 0.541. The van der Waals surface area contributed by atoms with Gasteiger partial charge in [-0.05, 0) is 48.5 Å². The first-order chi connectivity index (χ1) is 17.6. The van der Waals surface area contributed by atoms with Gasteiger partial charge in [-0.1, -0.05) is 12.1 Å². The van der Waals surface area contributed by atoms with Gasteiger partial charge in [0.1, 0.15) is 11.6 Å². The summed E-state index contributed by atoms with van der Waals surface area (Å²) in [5.74, 6) is 4.08. The molecule has 8 heteroatoms. The third-order valence-electron chi connectivity index (χ3n) is 6.52. The number of aromatic nitrogens is 2. The van der Waals surface area contributed by atoms with E-state index in [1.807, 2.05) is 42.5 Å². The molecule has 1 aliphatic heterocycles. The Labute approximate surface area is 211 Å². The SMILES string of the molecule is COc1ccc(N2CCN(c3nc(-c4cc(OC)c(OC)c(OC)c4)nc4ccccc34)CC2)cc1. The van der Waals surface area contributed by atoms with E-state index in [1.54, 1.807) is 28.4 Å². The van der Waals surface area contributed by atoms with E-state index in [2.05, 4.69) is 28.0 Å². The van der Waals surface area contributed by atoms with Crippen LogP contribution in [-0.4, -0.2) is 64.6 Å². The first-order valence-corrected chi connectivity index (χ1v) is 11.9. The van der Waals surface area contributed by atoms with Crippen molar-refractivity contribution < 1.29 is 18.9 Å². The summed E-state index contributed by atoms with van der Waals surface area (Å²) in [4.78, 5) is 14.7. The summed E-state index contributed by atoms with van der Waals surface area (Å²) in [7, 11) is 6.49. The number of fused-ring (bicyclic) bond motifs is 1. The second kappa shape index (κ2) is 10.2. The second-order valence-electron chi connectivity index (χ2n) is 8.47. The summed E-state index contributed by atoms with van der Waals surface area (Å²) in [6, 6.07) is 20.1. The fourth-order valence-electron chi connectivity index (χ4n) is 4.61. The quantitative estimate of drug-likeness (QED) is 0.374. The topological polar surface area (TPSA) is 69.2 Å². The lowest BCUT2D eigenvalue weighted by atomic mass is 10.1. The fraction of sp³-hybridized carbons (Fsp3) is 0.286. The smallest absolute Gasteiger partial charge is 0.203 e. The molecule has 0 aliphatic carbocycles. The van der Waals surface area contributed by atoms with Gasteiger partial charge in [0.2, 0.25) is 5.75 Å². The third-order valence-corrected chi connectivity index (χ3v) is 6.52. The Morgan fingerprint density at radius 2 is 1.31 bits per heavy atom. The first-order valence-electron chi connectivity index (χ1n) is 11.9. The van der Waals surface area contributed by atoms with E-state index in [4.69, 9.17) is 28.9 Å². The normalized spacial score (nSPS) is 13.6. The maximum absolute atomic E-state index is 5.56. The van der Waals surface area contributed by atoms with E-state index < -0.39 is 0 Å². The van der Waals surface area contributed by atoms with E-state index >= 15 is 0 Å². The standard InChI is InChI=1S/C28H30N4O4/c1-33-21-11-9-20(10-12-21)31-13-15-32(16-14-31)28-22-7-5-6-8-23(22)29-27(30-28)19-17-24(34-2)26(36-4)25(18-19)35-3/h5-12,17-18H,13-16H2,1-4H3. The molecule has 0 amide bonds. The van der Waals surface area contributed by atoms with Crippen molar-refractivity contribution in [3.05, 3.63) is 60.7 Å². The molecule has 0 spiro atoms. The molecule has 3 aromatic carbocycles. The highest BCUT2D eigenvalue weighted by Crippen LogP contribution is 2.41. The number of anilines is 2. The fourth-order valence-corrected chi connectivity index (χ4v) is 4.61. The Balaban J connectivity index is 1.49. The molecule has 0 unspecified atom stereocenters. The van der Waals surface area contributed by atoms with Gasteiger partial charge < -0.3 is 28.7 Å². The Morgan fingerprint density at radius 3 is 1.92 bits per heavy atom. The molecule has 0 radical (unpaired) electrons. The van der Waals surface area contributed by atoms with Gasteiger partial charge in [-0.2, -0.15) is 0 Å². The van der Waals surface area contributed by atoms with Crippen LogP contribution in [0.5, 0.6) is 23.0 Å². The summed E-state index contributed by atoms with van der Waals surface area (Å²) in [5, 5.41) is 1.03. The molecule has 36 heavy (non-hydrogen) atoms. The van der Waals surface area contributed by atoms with Crippen molar-refractivity contribution in [3.63, 3.8) is 0 Å². The lowest BCUT2D eigenvalue weighted by Gasteiger charge is -2.37. The van der Waals surface area contributed by atoms with E-state index in [1.165, 1.54) is 5.69 Å². The van der Waals surface area contributed by atoms with Gasteiger partial charge in [-0.15, -0.1) is 0 Å². The van der Waals surface area contributed by atoms with Gasteiger partial charge in [0.25, 0.3) is 0 Å². The van der Waals surface area contributed by atoms with E-state index in [-0.39, 0.29) is 0 Å². The van der Waals surface area contributed by atoms with Crippen LogP contribution in [0, 0.1) is 0 Å². The van der Waals surface area contributed by atoms with Gasteiger partial charge in [0.15, 0.2) is 17.3 Å². The van der Waals surface area contributed by atoms with Crippen LogP contribution in [0.4, 0.5) is 11.5 Å². The van der Waals surface area contributed by atoms with Crippen molar-refractivity contribution in [2.24, 2.45) is 0 Å². The minimum Gasteiger partial charge on any atom is -0.497 e. The van der Waals surface area contributed by atoms with Crippen molar-refractivity contribution in [2.45, 2.75) is 0 Å². The number of piperazine rings is 1. The van der Waals surface area contributed by atoms with Crippen LogP contribution in [0.3, 0.4) is 0 Å². The molecule has 5 rings (SSSR count). The largest absolute Gasteiger partial charge is 0.497 e. The summed E-state index contributed by atoms with van der Waals surface area (Å²) < 4.78 is 21.9. The zero-order chi connectivity index (χ0) is 25.1. The maximum atomic E-state index is 5.56. The number of hydrogen-bond acceptors (Lipinski definition) is 8. The zero-order valence-electron chi connectivity index (χ0n) is 21.0. The highest BCUT2D eigenvalue weighted by molar-refractivity contribution is 5.91. The van der Waals surface area contributed by atoms with Gasteiger partial charge in [0, 0.05) is 42.8 Å². The van der Waals surface area contributed by atoms with Crippen LogP contribution in [0.1, 0.15) is 0 Å². The molecule has 0 atom stereocenters. The molecule has 1 fully saturated rings. The average molecular weight is 487 g/mol. The summed E-state index contributed by atoms with van der Waals surface area (Å²) in [5.41, 5.74) is 2.89. The number of methoxy groups -OCH3 is 4. The van der Waals surface area contributed by atoms with E-state index in [0.29, 0.717) is 23.1 Å². The molecule has 186 valence electrons. The monoisotopic (exact) mass is 486 g/mol. The van der Waals surface area contributed by atoms with Crippen LogP contribution in [0.15, 0.2) is 60.7 Å². The number of benzene rings is 3. The predicted octanol–water partition coefficient (Wildman–Crippen LogP) is 4.66. The van der Waals surface area contributed by atoms with Crippen LogP contribution in [0.25, 0.3) is 22.3 Å². The second-order valence-corrected chi connectivity index (χ2v) is 8.47. The average Bonchev–Trinajstić information content (AvgIpc) is 2.95. The maximum Gasteiger partial charge on any atom is 0.203 e. The Hall–Kier alpha value is -4.20. The molecule has 0 N–H and O–H groups in total. The van der Waals surface area contributed by atoms with Crippen molar-refractivity contribution in [1.82, 2.24) is 9.97 Å². The molecule has 8 nitrogen and oxygen atoms in total. The first kappa shape index (κ1) is 23.5. The van der Waals surface area contributed by atoms with E-state index in [9.17, 15) is 0 Å².